The van der Waals surface area contributed by atoms with Crippen LogP contribution in [0.3, 0.4) is 0 Å². The Bertz CT molecular complexity index is 679. The Morgan fingerprint density at radius 1 is 1.26 bits per heavy atom. The van der Waals surface area contributed by atoms with E-state index in [0.29, 0.717) is 19.6 Å². The van der Waals surface area contributed by atoms with Crippen LogP contribution in [0.1, 0.15) is 52.6 Å². The quantitative estimate of drug-likeness (QED) is 0.747. The van der Waals surface area contributed by atoms with Crippen molar-refractivity contribution in [3.05, 3.63) is 35.9 Å². The van der Waals surface area contributed by atoms with Crippen molar-refractivity contribution in [1.29, 1.82) is 0 Å². The van der Waals surface area contributed by atoms with Crippen molar-refractivity contribution in [2.24, 2.45) is 10.9 Å². The van der Waals surface area contributed by atoms with Crippen molar-refractivity contribution in [1.82, 2.24) is 4.90 Å². The van der Waals surface area contributed by atoms with E-state index in [-0.39, 0.29) is 18.6 Å². The number of amides is 1. The Hall–Kier alpha value is -2.37. The number of esters is 1. The second kappa shape index (κ2) is 9.02. The standard InChI is InChI=1S/C21H30N2O4/c1-6-26-19(24)17-14-23(20(25)27-21(3,4)5)13-12-18(17)22-15(2)16-10-8-7-9-11-16/h7-11,15,17H,6,12-14H2,1-5H3/t15-,17?/m1/s1. The molecular formula is C21H30N2O4. The van der Waals surface area contributed by atoms with Crippen LogP contribution in [0.4, 0.5) is 4.79 Å². The van der Waals surface area contributed by atoms with E-state index in [4.69, 9.17) is 14.5 Å². The monoisotopic (exact) mass is 374 g/mol. The maximum atomic E-state index is 12.5. The van der Waals surface area contributed by atoms with Crippen LogP contribution in [0.5, 0.6) is 0 Å². The zero-order valence-electron chi connectivity index (χ0n) is 16.9. The van der Waals surface area contributed by atoms with Gasteiger partial charge in [-0.15, -0.1) is 0 Å². The van der Waals surface area contributed by atoms with E-state index in [1.54, 1.807) is 11.8 Å². The van der Waals surface area contributed by atoms with Crippen molar-refractivity contribution in [2.45, 2.75) is 52.7 Å². The second-order valence-corrected chi connectivity index (χ2v) is 7.69. The number of carbonyl (C=O) groups is 2. The third kappa shape index (κ3) is 6.08. The lowest BCUT2D eigenvalue weighted by atomic mass is 9.95. The highest BCUT2D eigenvalue weighted by Gasteiger charge is 2.36. The summed E-state index contributed by atoms with van der Waals surface area (Å²) >= 11 is 0. The van der Waals surface area contributed by atoms with Crippen LogP contribution in [0.25, 0.3) is 0 Å². The zero-order chi connectivity index (χ0) is 20.0. The fraction of sp³-hybridized carbons (Fsp3) is 0.571. The van der Waals surface area contributed by atoms with E-state index in [0.717, 1.165) is 11.3 Å². The number of likely N-dealkylation sites (tertiary alicyclic amines) is 1. The summed E-state index contributed by atoms with van der Waals surface area (Å²) in [5.41, 5.74) is 1.29. The van der Waals surface area contributed by atoms with Crippen molar-refractivity contribution in [3.8, 4) is 0 Å². The fourth-order valence-corrected chi connectivity index (χ4v) is 3.00. The molecule has 1 saturated heterocycles. The van der Waals surface area contributed by atoms with Crippen LogP contribution in [0.15, 0.2) is 35.3 Å². The average Bonchev–Trinajstić information content (AvgIpc) is 2.61. The number of hydrogen-bond donors (Lipinski definition) is 0. The fourth-order valence-electron chi connectivity index (χ4n) is 3.00. The van der Waals surface area contributed by atoms with Gasteiger partial charge in [0.15, 0.2) is 0 Å². The van der Waals surface area contributed by atoms with Crippen LogP contribution >= 0.6 is 0 Å². The van der Waals surface area contributed by atoms with Crippen LogP contribution in [0, 0.1) is 5.92 Å². The highest BCUT2D eigenvalue weighted by atomic mass is 16.6. The minimum atomic E-state index is -0.577. The molecule has 1 heterocycles. The van der Waals surface area contributed by atoms with Gasteiger partial charge in [-0.05, 0) is 40.2 Å². The number of ether oxygens (including phenoxy) is 2. The lowest BCUT2D eigenvalue weighted by molar-refractivity contribution is -0.146. The van der Waals surface area contributed by atoms with Gasteiger partial charge in [0.05, 0.1) is 12.6 Å². The molecule has 0 aromatic heterocycles. The number of carbonyl (C=O) groups excluding carboxylic acids is 2. The molecule has 2 rings (SSSR count). The second-order valence-electron chi connectivity index (χ2n) is 7.69. The van der Waals surface area contributed by atoms with Gasteiger partial charge < -0.3 is 14.4 Å². The molecule has 0 N–H and O–H groups in total. The van der Waals surface area contributed by atoms with Crippen LogP contribution in [-0.2, 0) is 14.3 Å². The molecule has 0 bridgehead atoms. The van der Waals surface area contributed by atoms with Gasteiger partial charge in [0.25, 0.3) is 0 Å². The topological polar surface area (TPSA) is 68.2 Å². The van der Waals surface area contributed by atoms with E-state index >= 15 is 0 Å². The van der Waals surface area contributed by atoms with E-state index in [1.807, 2.05) is 58.0 Å². The summed E-state index contributed by atoms with van der Waals surface area (Å²) in [6.07, 6.45) is 0.117. The van der Waals surface area contributed by atoms with E-state index < -0.39 is 17.6 Å². The molecule has 27 heavy (non-hydrogen) atoms. The van der Waals surface area contributed by atoms with Crippen molar-refractivity contribution in [3.63, 3.8) is 0 Å². The summed E-state index contributed by atoms with van der Waals surface area (Å²) in [7, 11) is 0. The van der Waals surface area contributed by atoms with Crippen molar-refractivity contribution >= 4 is 17.8 Å². The molecular weight excluding hydrogens is 344 g/mol. The van der Waals surface area contributed by atoms with Crippen molar-refractivity contribution in [2.75, 3.05) is 19.7 Å². The van der Waals surface area contributed by atoms with E-state index in [9.17, 15) is 9.59 Å². The highest BCUT2D eigenvalue weighted by Crippen LogP contribution is 2.23. The maximum absolute atomic E-state index is 12.5. The molecule has 0 aliphatic carbocycles. The minimum Gasteiger partial charge on any atom is -0.465 e. The predicted octanol–water partition coefficient (Wildman–Crippen LogP) is 4.01. The zero-order valence-corrected chi connectivity index (χ0v) is 16.9. The molecule has 0 spiro atoms. The first-order valence-corrected chi connectivity index (χ1v) is 9.47. The van der Waals surface area contributed by atoms with Crippen LogP contribution < -0.4 is 0 Å². The number of benzene rings is 1. The SMILES string of the molecule is CCOC(=O)C1CN(C(=O)OC(C)(C)C)CCC1=N[C@H](C)c1ccccc1. The Kier molecular flexibility index (Phi) is 6.99. The first-order chi connectivity index (χ1) is 12.7. The van der Waals surface area contributed by atoms with Crippen LogP contribution in [0.2, 0.25) is 0 Å². The molecule has 1 aromatic carbocycles. The summed E-state index contributed by atoms with van der Waals surface area (Å²) in [4.78, 5) is 31.3. The normalized spacial score (nSPS) is 20.3. The molecule has 148 valence electrons. The van der Waals surface area contributed by atoms with Gasteiger partial charge in [-0.25, -0.2) is 4.79 Å². The highest BCUT2D eigenvalue weighted by molar-refractivity contribution is 6.03. The van der Waals surface area contributed by atoms with E-state index in [2.05, 4.69) is 0 Å². The Morgan fingerprint density at radius 2 is 1.93 bits per heavy atom. The van der Waals surface area contributed by atoms with Gasteiger partial charge in [-0.3, -0.25) is 9.79 Å². The first-order valence-electron chi connectivity index (χ1n) is 9.47. The van der Waals surface area contributed by atoms with E-state index in [1.165, 1.54) is 0 Å². The third-order valence-corrected chi connectivity index (χ3v) is 4.31. The summed E-state index contributed by atoms with van der Waals surface area (Å²) < 4.78 is 10.7. The molecule has 1 aliphatic rings. The number of hydrogen-bond acceptors (Lipinski definition) is 5. The lowest BCUT2D eigenvalue weighted by Gasteiger charge is -2.34. The number of aliphatic imine (C=N–C) groups is 1. The summed E-state index contributed by atoms with van der Waals surface area (Å²) in [5.74, 6) is -0.901. The third-order valence-electron chi connectivity index (χ3n) is 4.31. The molecule has 6 nitrogen and oxygen atoms in total. The molecule has 2 atom stereocenters. The predicted molar refractivity (Wildman–Crippen MR) is 105 cm³/mol. The molecule has 1 amide bonds. The largest absolute Gasteiger partial charge is 0.465 e. The molecule has 0 radical (unpaired) electrons. The Morgan fingerprint density at radius 3 is 2.52 bits per heavy atom. The molecule has 0 saturated carbocycles. The maximum Gasteiger partial charge on any atom is 0.410 e. The van der Waals surface area contributed by atoms with Crippen LogP contribution in [-0.4, -0.2) is 48.0 Å². The number of rotatable bonds is 4. The smallest absolute Gasteiger partial charge is 0.410 e. The number of piperidine rings is 1. The van der Waals surface area contributed by atoms with Gasteiger partial charge in [0.1, 0.15) is 11.5 Å². The molecule has 1 aromatic rings. The molecule has 1 fully saturated rings. The van der Waals surface area contributed by atoms with Gasteiger partial charge in [-0.2, -0.15) is 0 Å². The Balaban J connectivity index is 2.19. The van der Waals surface area contributed by atoms with Crippen molar-refractivity contribution < 1.29 is 19.1 Å². The lowest BCUT2D eigenvalue weighted by Crippen LogP contribution is -2.49. The molecule has 1 unspecified atom stereocenters. The number of nitrogens with zero attached hydrogens (tertiary/aromatic N) is 2. The summed E-state index contributed by atoms with van der Waals surface area (Å²) in [5, 5.41) is 0. The van der Waals surface area contributed by atoms with Gasteiger partial charge in [0, 0.05) is 25.2 Å². The minimum absolute atomic E-state index is 0.0637. The van der Waals surface area contributed by atoms with Gasteiger partial charge >= 0.3 is 12.1 Å². The Labute approximate surface area is 161 Å². The molecule has 1 aliphatic heterocycles. The molecule has 6 heteroatoms. The summed E-state index contributed by atoms with van der Waals surface area (Å²) in [6, 6.07) is 9.88. The van der Waals surface area contributed by atoms with Gasteiger partial charge in [-0.1, -0.05) is 30.3 Å². The van der Waals surface area contributed by atoms with Gasteiger partial charge in [0.2, 0.25) is 0 Å². The first kappa shape index (κ1) is 20.9. The average molecular weight is 374 g/mol. The summed E-state index contributed by atoms with van der Waals surface area (Å²) in [6.45, 7) is 10.3.